The molecule has 0 bridgehead atoms. The van der Waals surface area contributed by atoms with Crippen LogP contribution in [0.2, 0.25) is 0 Å². The average molecular weight is 221 g/mol. The van der Waals surface area contributed by atoms with Crippen molar-refractivity contribution >= 4 is 5.91 Å². The van der Waals surface area contributed by atoms with Crippen molar-refractivity contribution in [1.82, 2.24) is 5.32 Å². The molecule has 0 heterocycles. The van der Waals surface area contributed by atoms with Crippen LogP contribution in [0.4, 0.5) is 0 Å². The lowest BCUT2D eigenvalue weighted by molar-refractivity contribution is -0.121. The van der Waals surface area contributed by atoms with Gasteiger partial charge < -0.3 is 10.1 Å². The maximum atomic E-state index is 11.7. The van der Waals surface area contributed by atoms with E-state index >= 15 is 0 Å². The maximum Gasteiger partial charge on any atom is 0.224 e. The third kappa shape index (κ3) is 3.57. The standard InChI is InChI=1S/C13H19NO2/c1-4-10(2)14-13(15)9-11-7-5-6-8-12(11)16-3/h5-8,10H,4,9H2,1-3H3,(H,14,15)/t10-/m0/s1. The van der Waals surface area contributed by atoms with Gasteiger partial charge in [0.2, 0.25) is 5.91 Å². The molecule has 3 nitrogen and oxygen atoms in total. The first kappa shape index (κ1) is 12.6. The molecule has 1 aromatic rings. The van der Waals surface area contributed by atoms with Gasteiger partial charge in [0.15, 0.2) is 0 Å². The van der Waals surface area contributed by atoms with Gasteiger partial charge >= 0.3 is 0 Å². The molecule has 0 radical (unpaired) electrons. The van der Waals surface area contributed by atoms with Gasteiger partial charge in [-0.3, -0.25) is 4.79 Å². The highest BCUT2D eigenvalue weighted by atomic mass is 16.5. The van der Waals surface area contributed by atoms with Crippen molar-refractivity contribution in [2.75, 3.05) is 7.11 Å². The number of benzene rings is 1. The summed E-state index contributed by atoms with van der Waals surface area (Å²) in [6.07, 6.45) is 1.31. The Hall–Kier alpha value is -1.51. The molecule has 0 spiro atoms. The van der Waals surface area contributed by atoms with Gasteiger partial charge in [-0.05, 0) is 19.4 Å². The summed E-state index contributed by atoms with van der Waals surface area (Å²) in [6.45, 7) is 4.05. The van der Waals surface area contributed by atoms with Crippen LogP contribution in [0.3, 0.4) is 0 Å². The Kier molecular flexibility index (Phi) is 4.83. The fraction of sp³-hybridized carbons (Fsp3) is 0.462. The number of hydrogen-bond donors (Lipinski definition) is 1. The number of amides is 1. The van der Waals surface area contributed by atoms with Crippen LogP contribution >= 0.6 is 0 Å². The SMILES string of the molecule is CC[C@H](C)NC(=O)Cc1ccccc1OC. The quantitative estimate of drug-likeness (QED) is 0.827. The number of ether oxygens (including phenoxy) is 1. The van der Waals surface area contributed by atoms with E-state index in [1.165, 1.54) is 0 Å². The fourth-order valence-electron chi connectivity index (χ4n) is 1.45. The van der Waals surface area contributed by atoms with Crippen molar-refractivity contribution in [3.8, 4) is 5.75 Å². The van der Waals surface area contributed by atoms with Gasteiger partial charge in [0.05, 0.1) is 13.5 Å². The summed E-state index contributed by atoms with van der Waals surface area (Å²) in [5.41, 5.74) is 0.922. The molecular formula is C13H19NO2. The summed E-state index contributed by atoms with van der Waals surface area (Å²) in [4.78, 5) is 11.7. The van der Waals surface area contributed by atoms with Crippen LogP contribution in [0.25, 0.3) is 0 Å². The maximum absolute atomic E-state index is 11.7. The Morgan fingerprint density at radius 3 is 2.75 bits per heavy atom. The lowest BCUT2D eigenvalue weighted by Crippen LogP contribution is -2.33. The molecule has 0 aromatic heterocycles. The van der Waals surface area contributed by atoms with Gasteiger partial charge in [0, 0.05) is 11.6 Å². The third-order valence-electron chi connectivity index (χ3n) is 2.56. The second-order valence-electron chi connectivity index (χ2n) is 3.87. The van der Waals surface area contributed by atoms with E-state index in [0.717, 1.165) is 17.7 Å². The van der Waals surface area contributed by atoms with Crippen LogP contribution in [-0.4, -0.2) is 19.1 Å². The van der Waals surface area contributed by atoms with E-state index in [4.69, 9.17) is 4.74 Å². The number of hydrogen-bond acceptors (Lipinski definition) is 2. The second kappa shape index (κ2) is 6.16. The topological polar surface area (TPSA) is 38.3 Å². The van der Waals surface area contributed by atoms with Crippen LogP contribution in [0.1, 0.15) is 25.8 Å². The predicted molar refractivity (Wildman–Crippen MR) is 64.6 cm³/mol. The molecule has 16 heavy (non-hydrogen) atoms. The minimum absolute atomic E-state index is 0.0406. The highest BCUT2D eigenvalue weighted by molar-refractivity contribution is 5.79. The summed E-state index contributed by atoms with van der Waals surface area (Å²) in [6, 6.07) is 7.81. The smallest absolute Gasteiger partial charge is 0.224 e. The monoisotopic (exact) mass is 221 g/mol. The molecule has 0 fully saturated rings. The lowest BCUT2D eigenvalue weighted by Gasteiger charge is -2.12. The van der Waals surface area contributed by atoms with Gasteiger partial charge in [-0.1, -0.05) is 25.1 Å². The van der Waals surface area contributed by atoms with E-state index in [0.29, 0.717) is 6.42 Å². The zero-order valence-electron chi connectivity index (χ0n) is 10.1. The summed E-state index contributed by atoms with van der Waals surface area (Å²) in [5, 5.41) is 2.93. The lowest BCUT2D eigenvalue weighted by atomic mass is 10.1. The highest BCUT2D eigenvalue weighted by Gasteiger charge is 2.09. The van der Waals surface area contributed by atoms with Crippen LogP contribution in [0.5, 0.6) is 5.75 Å². The van der Waals surface area contributed by atoms with E-state index < -0.39 is 0 Å². The summed E-state index contributed by atoms with van der Waals surface area (Å²) >= 11 is 0. The van der Waals surface area contributed by atoms with Gasteiger partial charge in [-0.25, -0.2) is 0 Å². The van der Waals surface area contributed by atoms with E-state index in [9.17, 15) is 4.79 Å². The number of carbonyl (C=O) groups excluding carboxylic acids is 1. The number of carbonyl (C=O) groups is 1. The Bertz CT molecular complexity index is 350. The molecule has 0 aliphatic heterocycles. The first-order valence-electron chi connectivity index (χ1n) is 5.58. The van der Waals surface area contributed by atoms with Crippen molar-refractivity contribution < 1.29 is 9.53 Å². The summed E-state index contributed by atoms with van der Waals surface area (Å²) in [5.74, 6) is 0.806. The molecule has 88 valence electrons. The Morgan fingerprint density at radius 1 is 1.44 bits per heavy atom. The van der Waals surface area contributed by atoms with Gasteiger partial charge in [-0.15, -0.1) is 0 Å². The van der Waals surface area contributed by atoms with Gasteiger partial charge in [0.1, 0.15) is 5.75 Å². The molecule has 3 heteroatoms. The molecule has 1 aromatic carbocycles. The molecule has 0 unspecified atom stereocenters. The molecule has 1 atom stereocenters. The number of para-hydroxylation sites is 1. The molecule has 1 N–H and O–H groups in total. The first-order chi connectivity index (χ1) is 7.67. The number of rotatable bonds is 5. The normalized spacial score (nSPS) is 11.9. The molecular weight excluding hydrogens is 202 g/mol. The van der Waals surface area contributed by atoms with E-state index in [1.54, 1.807) is 7.11 Å². The van der Waals surface area contributed by atoms with Crippen molar-refractivity contribution in [3.05, 3.63) is 29.8 Å². The summed E-state index contributed by atoms with van der Waals surface area (Å²) < 4.78 is 5.20. The highest BCUT2D eigenvalue weighted by Crippen LogP contribution is 2.17. The molecule has 0 aliphatic rings. The van der Waals surface area contributed by atoms with Crippen molar-refractivity contribution in [1.29, 1.82) is 0 Å². The molecule has 0 saturated carbocycles. The molecule has 1 rings (SSSR count). The van der Waals surface area contributed by atoms with Crippen LogP contribution in [0, 0.1) is 0 Å². The van der Waals surface area contributed by atoms with Crippen LogP contribution in [0.15, 0.2) is 24.3 Å². The van der Waals surface area contributed by atoms with E-state index in [1.807, 2.05) is 38.1 Å². The van der Waals surface area contributed by atoms with Crippen LogP contribution < -0.4 is 10.1 Å². The second-order valence-corrected chi connectivity index (χ2v) is 3.87. The molecule has 0 aliphatic carbocycles. The Morgan fingerprint density at radius 2 is 2.12 bits per heavy atom. The van der Waals surface area contributed by atoms with Crippen molar-refractivity contribution in [3.63, 3.8) is 0 Å². The number of methoxy groups -OCH3 is 1. The molecule has 0 saturated heterocycles. The Balaban J connectivity index is 2.62. The van der Waals surface area contributed by atoms with Crippen molar-refractivity contribution in [2.45, 2.75) is 32.7 Å². The molecule has 1 amide bonds. The average Bonchev–Trinajstić information content (AvgIpc) is 2.29. The Labute approximate surface area is 96.8 Å². The zero-order valence-corrected chi connectivity index (χ0v) is 10.1. The minimum atomic E-state index is 0.0406. The predicted octanol–water partition coefficient (Wildman–Crippen LogP) is 2.15. The van der Waals surface area contributed by atoms with Crippen molar-refractivity contribution in [2.24, 2.45) is 0 Å². The van der Waals surface area contributed by atoms with Gasteiger partial charge in [0.25, 0.3) is 0 Å². The zero-order chi connectivity index (χ0) is 12.0. The van der Waals surface area contributed by atoms with E-state index in [-0.39, 0.29) is 11.9 Å². The largest absolute Gasteiger partial charge is 0.496 e. The minimum Gasteiger partial charge on any atom is -0.496 e. The van der Waals surface area contributed by atoms with Crippen LogP contribution in [-0.2, 0) is 11.2 Å². The van der Waals surface area contributed by atoms with Gasteiger partial charge in [-0.2, -0.15) is 0 Å². The number of nitrogens with one attached hydrogen (secondary N) is 1. The third-order valence-corrected chi connectivity index (χ3v) is 2.56. The summed E-state index contributed by atoms with van der Waals surface area (Å²) in [7, 11) is 1.62. The fourth-order valence-corrected chi connectivity index (χ4v) is 1.45. The van der Waals surface area contributed by atoms with E-state index in [2.05, 4.69) is 5.32 Å². The first-order valence-corrected chi connectivity index (χ1v) is 5.58.